The molecule has 0 spiro atoms. The lowest BCUT2D eigenvalue weighted by molar-refractivity contribution is -0.134. The van der Waals surface area contributed by atoms with Gasteiger partial charge in [0.05, 0.1) is 6.54 Å². The van der Waals surface area contributed by atoms with E-state index in [0.29, 0.717) is 30.3 Å². The van der Waals surface area contributed by atoms with E-state index < -0.39 is 0 Å². The van der Waals surface area contributed by atoms with Crippen LogP contribution in [0.1, 0.15) is 45.4 Å². The average Bonchev–Trinajstić information content (AvgIpc) is 2.47. The fourth-order valence-corrected chi connectivity index (χ4v) is 3.89. The number of piperidine rings is 1. The van der Waals surface area contributed by atoms with Crippen molar-refractivity contribution in [3.8, 4) is 0 Å². The maximum absolute atomic E-state index is 12.4. The summed E-state index contributed by atoms with van der Waals surface area (Å²) in [5, 5.41) is 0. The summed E-state index contributed by atoms with van der Waals surface area (Å²) in [6.07, 6.45) is 7.41. The number of hydrogen-bond donors (Lipinski definition) is 1. The summed E-state index contributed by atoms with van der Waals surface area (Å²) in [6.45, 7) is 5.45. The smallest absolute Gasteiger partial charge is 0.236 e. The van der Waals surface area contributed by atoms with Crippen LogP contribution in [0.3, 0.4) is 0 Å². The van der Waals surface area contributed by atoms with E-state index in [1.54, 1.807) is 0 Å². The normalized spacial score (nSPS) is 31.6. The number of nitrogens with two attached hydrogens (primary N) is 1. The Balaban J connectivity index is 1.86. The van der Waals surface area contributed by atoms with Crippen LogP contribution in [0.2, 0.25) is 0 Å². The van der Waals surface area contributed by atoms with Gasteiger partial charge in [-0.25, -0.2) is 0 Å². The van der Waals surface area contributed by atoms with Crippen molar-refractivity contribution in [3.05, 3.63) is 0 Å². The highest BCUT2D eigenvalue weighted by molar-refractivity contribution is 5.78. The second kappa shape index (κ2) is 7.41. The summed E-state index contributed by atoms with van der Waals surface area (Å²) in [4.78, 5) is 16.8. The van der Waals surface area contributed by atoms with Crippen molar-refractivity contribution >= 4 is 5.91 Å². The molecule has 0 radical (unpaired) electrons. The third-order valence-electron chi connectivity index (χ3n) is 5.13. The molecule has 2 fully saturated rings. The van der Waals surface area contributed by atoms with Gasteiger partial charge in [-0.2, -0.15) is 0 Å². The summed E-state index contributed by atoms with van der Waals surface area (Å²) < 4.78 is 0. The molecule has 4 nitrogen and oxygen atoms in total. The standard InChI is InChI=1S/C16H31N3O/c1-13-6-5-9-19(11-13)16(20)12-18(2)15-8-4-3-7-14(15)10-17/h13-15H,3-12,17H2,1-2H3. The molecule has 0 aromatic carbocycles. The molecule has 2 rings (SSSR count). The SMILES string of the molecule is CC1CCCN(C(=O)CN(C)C2CCCCC2CN)C1. The largest absolute Gasteiger partial charge is 0.341 e. The molecule has 20 heavy (non-hydrogen) atoms. The number of likely N-dealkylation sites (tertiary alicyclic amines) is 1. The summed E-state index contributed by atoms with van der Waals surface area (Å²) in [7, 11) is 2.10. The van der Waals surface area contributed by atoms with E-state index in [1.165, 1.54) is 32.1 Å². The van der Waals surface area contributed by atoms with Crippen LogP contribution in [0, 0.1) is 11.8 Å². The van der Waals surface area contributed by atoms with Gasteiger partial charge in [-0.15, -0.1) is 0 Å². The first-order valence-electron chi connectivity index (χ1n) is 8.30. The first-order valence-corrected chi connectivity index (χ1v) is 8.30. The van der Waals surface area contributed by atoms with Crippen molar-refractivity contribution in [2.45, 2.75) is 51.5 Å². The van der Waals surface area contributed by atoms with E-state index in [-0.39, 0.29) is 0 Å². The second-order valence-corrected chi connectivity index (χ2v) is 6.85. The molecule has 1 amide bonds. The lowest BCUT2D eigenvalue weighted by atomic mass is 9.83. The lowest BCUT2D eigenvalue weighted by Crippen LogP contribution is -2.49. The predicted octanol–water partition coefficient (Wildman–Crippen LogP) is 1.69. The van der Waals surface area contributed by atoms with E-state index in [9.17, 15) is 4.79 Å². The molecule has 2 N–H and O–H groups in total. The van der Waals surface area contributed by atoms with Crippen molar-refractivity contribution in [3.63, 3.8) is 0 Å². The van der Waals surface area contributed by atoms with Gasteiger partial charge < -0.3 is 10.6 Å². The van der Waals surface area contributed by atoms with Gasteiger partial charge in [0, 0.05) is 19.1 Å². The van der Waals surface area contributed by atoms with Crippen LogP contribution in [0.25, 0.3) is 0 Å². The fraction of sp³-hybridized carbons (Fsp3) is 0.938. The van der Waals surface area contributed by atoms with Crippen LogP contribution in [0.4, 0.5) is 0 Å². The van der Waals surface area contributed by atoms with E-state index in [4.69, 9.17) is 5.73 Å². The zero-order chi connectivity index (χ0) is 14.5. The van der Waals surface area contributed by atoms with Crippen LogP contribution in [-0.4, -0.2) is 55.0 Å². The zero-order valence-electron chi connectivity index (χ0n) is 13.2. The highest BCUT2D eigenvalue weighted by Gasteiger charge is 2.29. The minimum atomic E-state index is 0.306. The Labute approximate surface area is 123 Å². The first kappa shape index (κ1) is 15.8. The molecule has 116 valence electrons. The van der Waals surface area contributed by atoms with Gasteiger partial charge in [-0.3, -0.25) is 9.69 Å². The van der Waals surface area contributed by atoms with Crippen LogP contribution in [0.5, 0.6) is 0 Å². The molecule has 0 aromatic heterocycles. The Kier molecular flexibility index (Phi) is 5.85. The van der Waals surface area contributed by atoms with E-state index >= 15 is 0 Å². The van der Waals surface area contributed by atoms with Crippen LogP contribution in [-0.2, 0) is 4.79 Å². The molecule has 1 saturated heterocycles. The molecular weight excluding hydrogens is 250 g/mol. The Morgan fingerprint density at radius 2 is 2.00 bits per heavy atom. The minimum Gasteiger partial charge on any atom is -0.341 e. The van der Waals surface area contributed by atoms with E-state index in [1.807, 2.05) is 0 Å². The third-order valence-corrected chi connectivity index (χ3v) is 5.13. The fourth-order valence-electron chi connectivity index (χ4n) is 3.89. The molecule has 0 bridgehead atoms. The van der Waals surface area contributed by atoms with Gasteiger partial charge in [0.1, 0.15) is 0 Å². The van der Waals surface area contributed by atoms with Crippen LogP contribution in [0.15, 0.2) is 0 Å². The number of carbonyl (C=O) groups excluding carboxylic acids is 1. The summed E-state index contributed by atoms with van der Waals surface area (Å²) >= 11 is 0. The topological polar surface area (TPSA) is 49.6 Å². The summed E-state index contributed by atoms with van der Waals surface area (Å²) in [6, 6.07) is 0.500. The van der Waals surface area contributed by atoms with Gasteiger partial charge in [0.2, 0.25) is 5.91 Å². The van der Waals surface area contributed by atoms with Gasteiger partial charge in [0.25, 0.3) is 0 Å². The Morgan fingerprint density at radius 1 is 1.25 bits per heavy atom. The molecule has 1 aliphatic heterocycles. The number of hydrogen-bond acceptors (Lipinski definition) is 3. The van der Waals surface area contributed by atoms with Crippen molar-refractivity contribution in [2.75, 3.05) is 33.2 Å². The Bertz CT molecular complexity index is 321. The molecule has 0 aromatic rings. The molecule has 4 heteroatoms. The summed E-state index contributed by atoms with van der Waals surface area (Å²) in [5.41, 5.74) is 5.90. The molecule has 1 heterocycles. The lowest BCUT2D eigenvalue weighted by Gasteiger charge is -2.39. The molecule has 1 aliphatic carbocycles. The van der Waals surface area contributed by atoms with Gasteiger partial charge >= 0.3 is 0 Å². The number of rotatable bonds is 4. The highest BCUT2D eigenvalue weighted by Crippen LogP contribution is 2.27. The minimum absolute atomic E-state index is 0.306. The van der Waals surface area contributed by atoms with Crippen molar-refractivity contribution < 1.29 is 4.79 Å². The van der Waals surface area contributed by atoms with Gasteiger partial charge in [-0.05, 0) is 51.1 Å². The van der Waals surface area contributed by atoms with E-state index in [2.05, 4.69) is 23.8 Å². The maximum atomic E-state index is 12.4. The van der Waals surface area contributed by atoms with E-state index in [0.717, 1.165) is 26.1 Å². The van der Waals surface area contributed by atoms with Crippen molar-refractivity contribution in [1.82, 2.24) is 9.80 Å². The molecule has 1 saturated carbocycles. The molecular formula is C16H31N3O. The maximum Gasteiger partial charge on any atom is 0.236 e. The second-order valence-electron chi connectivity index (χ2n) is 6.85. The molecule has 2 aliphatic rings. The Hall–Kier alpha value is -0.610. The van der Waals surface area contributed by atoms with Gasteiger partial charge in [-0.1, -0.05) is 19.8 Å². The average molecular weight is 281 g/mol. The number of amides is 1. The number of nitrogens with zero attached hydrogens (tertiary/aromatic N) is 2. The summed E-state index contributed by atoms with van der Waals surface area (Å²) in [5.74, 6) is 1.53. The quantitative estimate of drug-likeness (QED) is 0.853. The van der Waals surface area contributed by atoms with Crippen LogP contribution < -0.4 is 5.73 Å². The van der Waals surface area contributed by atoms with Crippen molar-refractivity contribution in [2.24, 2.45) is 17.6 Å². The molecule has 3 atom stereocenters. The monoisotopic (exact) mass is 281 g/mol. The van der Waals surface area contributed by atoms with Crippen molar-refractivity contribution in [1.29, 1.82) is 0 Å². The number of carbonyl (C=O) groups is 1. The molecule has 3 unspecified atom stereocenters. The highest BCUT2D eigenvalue weighted by atomic mass is 16.2. The first-order chi connectivity index (χ1) is 9.61. The zero-order valence-corrected chi connectivity index (χ0v) is 13.2. The number of likely N-dealkylation sites (N-methyl/N-ethyl adjacent to an activating group) is 1. The van der Waals surface area contributed by atoms with Crippen LogP contribution >= 0.6 is 0 Å². The predicted molar refractivity (Wildman–Crippen MR) is 82.4 cm³/mol. The van der Waals surface area contributed by atoms with Gasteiger partial charge in [0.15, 0.2) is 0 Å². The third kappa shape index (κ3) is 3.95. The Morgan fingerprint density at radius 3 is 2.70 bits per heavy atom.